The second-order valence-electron chi connectivity index (χ2n) is 16.3. The summed E-state index contributed by atoms with van der Waals surface area (Å²) in [7, 11) is -0.993. The second-order valence-corrected chi connectivity index (χ2v) is 19.0. The number of aryl methyl sites for hydroxylation is 2. The van der Waals surface area contributed by atoms with Crippen LogP contribution in [0.3, 0.4) is 0 Å². The standard InChI is InChI=1S/C46H52FN7O5S/c1-6-60(57,48-5)38-12-10-35(11-13-38)51-19-20-52(46(51)56)44-42-31(4)50(18-15-39(42)49-54(44)36-24-29(2)43(47)30(3)25-36)45(55)41-27-34-26-33(32-16-22-58-23-17-32)9-14-40(34)53(41)28-37-8-7-21-59-37/h9-14,19-20,24-27,31-32,37H,6-8,15-18,21-23,28H2,1-5H3/t31-,37?,60?/m0/s1. The first-order chi connectivity index (χ1) is 29.0. The molecular weight excluding hydrogens is 782 g/mol. The summed E-state index contributed by atoms with van der Waals surface area (Å²) in [6.07, 6.45) is 7.76. The van der Waals surface area contributed by atoms with Crippen molar-refractivity contribution in [3.05, 3.63) is 123 Å². The topological polar surface area (TPSA) is 118 Å². The van der Waals surface area contributed by atoms with E-state index in [-0.39, 0.29) is 23.5 Å². The number of rotatable bonds is 9. The molecule has 12 nitrogen and oxygen atoms in total. The highest BCUT2D eigenvalue weighted by atomic mass is 32.2. The molecule has 0 bridgehead atoms. The Labute approximate surface area is 349 Å². The number of carbonyl (C=O) groups excluding carboxylic acids is 1. The van der Waals surface area contributed by atoms with Gasteiger partial charge in [0.1, 0.15) is 17.3 Å². The summed E-state index contributed by atoms with van der Waals surface area (Å²) >= 11 is 0. The lowest BCUT2D eigenvalue weighted by Gasteiger charge is -2.34. The molecular formula is C46H52FN7O5S. The van der Waals surface area contributed by atoms with Gasteiger partial charge in [0, 0.05) is 85.9 Å². The van der Waals surface area contributed by atoms with Gasteiger partial charge in [-0.2, -0.15) is 5.10 Å². The van der Waals surface area contributed by atoms with Gasteiger partial charge in [0.05, 0.1) is 38.9 Å². The van der Waals surface area contributed by atoms with Crippen LogP contribution in [-0.2, 0) is 32.2 Å². The van der Waals surface area contributed by atoms with Crippen molar-refractivity contribution < 1.29 is 22.9 Å². The average Bonchev–Trinajstić information content (AvgIpc) is 4.08. The zero-order valence-electron chi connectivity index (χ0n) is 34.9. The Morgan fingerprint density at radius 1 is 0.950 bits per heavy atom. The summed E-state index contributed by atoms with van der Waals surface area (Å²) < 4.78 is 51.1. The van der Waals surface area contributed by atoms with E-state index in [1.165, 1.54) is 10.1 Å². The molecule has 0 N–H and O–H groups in total. The summed E-state index contributed by atoms with van der Waals surface area (Å²) in [6.45, 7) is 10.5. The number of nitrogens with zero attached hydrogens (tertiary/aromatic N) is 7. The van der Waals surface area contributed by atoms with E-state index in [1.54, 1.807) is 78.9 Å². The molecule has 0 saturated carbocycles. The fraction of sp³-hybridized carbons (Fsp3) is 0.413. The van der Waals surface area contributed by atoms with Gasteiger partial charge in [-0.3, -0.25) is 13.9 Å². The number of amides is 1. The van der Waals surface area contributed by atoms with Crippen LogP contribution in [0.1, 0.15) is 89.9 Å². The van der Waals surface area contributed by atoms with Crippen LogP contribution in [0.15, 0.2) is 87.1 Å². The molecule has 0 spiro atoms. The Morgan fingerprint density at radius 3 is 2.37 bits per heavy atom. The number of halogens is 1. The van der Waals surface area contributed by atoms with Crippen molar-refractivity contribution in [1.82, 2.24) is 28.4 Å². The van der Waals surface area contributed by atoms with Crippen LogP contribution in [0.5, 0.6) is 0 Å². The summed E-state index contributed by atoms with van der Waals surface area (Å²) in [4.78, 5) is 32.2. The van der Waals surface area contributed by atoms with Crippen molar-refractivity contribution in [1.29, 1.82) is 0 Å². The molecule has 3 aromatic heterocycles. The minimum Gasteiger partial charge on any atom is -0.381 e. The Balaban J connectivity index is 1.14. The molecule has 0 aliphatic carbocycles. The van der Waals surface area contributed by atoms with Gasteiger partial charge in [-0.1, -0.05) is 13.0 Å². The molecule has 6 aromatic rings. The molecule has 60 heavy (non-hydrogen) atoms. The van der Waals surface area contributed by atoms with E-state index in [0.29, 0.717) is 70.1 Å². The Hall–Kier alpha value is -5.31. The second kappa shape index (κ2) is 15.9. The Kier molecular flexibility index (Phi) is 10.7. The van der Waals surface area contributed by atoms with Gasteiger partial charge < -0.3 is 18.9 Å². The number of hydrogen-bond donors (Lipinski definition) is 0. The van der Waals surface area contributed by atoms with Gasteiger partial charge in [-0.15, -0.1) is 0 Å². The van der Waals surface area contributed by atoms with Gasteiger partial charge in [-0.25, -0.2) is 22.4 Å². The van der Waals surface area contributed by atoms with E-state index >= 15 is 9.18 Å². The largest absolute Gasteiger partial charge is 0.381 e. The number of ether oxygens (including phenoxy) is 2. The molecule has 2 fully saturated rings. The molecule has 14 heteroatoms. The minimum atomic E-state index is -2.55. The third-order valence-corrected chi connectivity index (χ3v) is 15.2. The van der Waals surface area contributed by atoms with Gasteiger partial charge in [0.2, 0.25) is 0 Å². The highest BCUT2D eigenvalue weighted by molar-refractivity contribution is 7.93. The van der Waals surface area contributed by atoms with Crippen LogP contribution in [0.2, 0.25) is 0 Å². The van der Waals surface area contributed by atoms with Crippen molar-refractivity contribution in [2.24, 2.45) is 4.36 Å². The maximum absolute atomic E-state index is 15.1. The summed E-state index contributed by atoms with van der Waals surface area (Å²) in [5.74, 6) is 0.885. The van der Waals surface area contributed by atoms with Crippen LogP contribution in [0.25, 0.3) is 28.1 Å². The summed E-state index contributed by atoms with van der Waals surface area (Å²) in [6, 6.07) is 18.7. The maximum Gasteiger partial charge on any atom is 0.338 e. The van der Waals surface area contributed by atoms with E-state index in [4.69, 9.17) is 14.6 Å². The molecule has 1 amide bonds. The third-order valence-electron chi connectivity index (χ3n) is 12.8. The predicted octanol–water partition coefficient (Wildman–Crippen LogP) is 7.83. The number of benzene rings is 3. The van der Waals surface area contributed by atoms with Gasteiger partial charge in [0.25, 0.3) is 5.91 Å². The van der Waals surface area contributed by atoms with Gasteiger partial charge in [-0.05, 0) is 124 Å². The van der Waals surface area contributed by atoms with Crippen LogP contribution < -0.4 is 5.69 Å². The molecule has 6 heterocycles. The van der Waals surface area contributed by atoms with E-state index < -0.39 is 15.8 Å². The number of aromatic nitrogens is 5. The summed E-state index contributed by atoms with van der Waals surface area (Å²) in [5, 5.41) is 6.13. The first kappa shape index (κ1) is 40.1. The van der Waals surface area contributed by atoms with Crippen LogP contribution >= 0.6 is 0 Å². The third kappa shape index (κ3) is 6.91. The lowest BCUT2D eigenvalue weighted by Crippen LogP contribution is -2.40. The van der Waals surface area contributed by atoms with Crippen LogP contribution in [0, 0.1) is 19.7 Å². The van der Waals surface area contributed by atoms with Gasteiger partial charge >= 0.3 is 5.69 Å². The maximum atomic E-state index is 15.1. The highest BCUT2D eigenvalue weighted by Gasteiger charge is 2.37. The Bertz CT molecular complexity index is 2770. The lowest BCUT2D eigenvalue weighted by atomic mass is 9.91. The van der Waals surface area contributed by atoms with Crippen molar-refractivity contribution >= 4 is 26.5 Å². The van der Waals surface area contributed by atoms with E-state index in [1.807, 2.05) is 24.8 Å². The molecule has 2 unspecified atom stereocenters. The molecule has 2 saturated heterocycles. The number of imidazole rings is 1. The van der Waals surface area contributed by atoms with Gasteiger partial charge in [0.15, 0.2) is 0 Å². The number of fused-ring (bicyclic) bond motifs is 2. The van der Waals surface area contributed by atoms with Crippen LogP contribution in [-0.4, -0.2) is 83.8 Å². The van der Waals surface area contributed by atoms with Crippen molar-refractivity contribution in [3.63, 3.8) is 0 Å². The first-order valence-electron chi connectivity index (χ1n) is 21.1. The molecule has 3 aliphatic heterocycles. The predicted molar refractivity (Wildman–Crippen MR) is 230 cm³/mol. The average molecular weight is 834 g/mol. The quantitative estimate of drug-likeness (QED) is 0.147. The minimum absolute atomic E-state index is 0.0182. The molecule has 3 aromatic carbocycles. The molecule has 9 rings (SSSR count). The molecule has 3 atom stereocenters. The fourth-order valence-electron chi connectivity index (χ4n) is 9.43. The normalized spacial score (nSPS) is 19.5. The van der Waals surface area contributed by atoms with E-state index in [2.05, 4.69) is 27.1 Å². The van der Waals surface area contributed by atoms with Crippen molar-refractivity contribution in [3.8, 4) is 17.2 Å². The number of hydrogen-bond acceptors (Lipinski definition) is 7. The van der Waals surface area contributed by atoms with Crippen molar-refractivity contribution in [2.75, 3.05) is 39.2 Å². The summed E-state index contributed by atoms with van der Waals surface area (Å²) in [5.41, 5.74) is 6.16. The monoisotopic (exact) mass is 833 g/mol. The fourth-order valence-corrected chi connectivity index (χ4v) is 10.8. The first-order valence-corrected chi connectivity index (χ1v) is 22.7. The van der Waals surface area contributed by atoms with E-state index in [9.17, 15) is 9.00 Å². The molecule has 0 radical (unpaired) electrons. The zero-order chi connectivity index (χ0) is 41.9. The highest BCUT2D eigenvalue weighted by Crippen LogP contribution is 2.38. The SMILES string of the molecule is CCS(=O)(=NC)c1ccc(-n2ccn(-c3c4c(nn3-c3cc(C)c(F)c(C)c3)CCN(C(=O)c3cc5cc(C6CCOCC6)ccc5n3CC3CCCO3)[C@H]4C)c2=O)cc1. The Morgan fingerprint density at radius 2 is 1.68 bits per heavy atom. The van der Waals surface area contributed by atoms with Crippen molar-refractivity contribution in [2.45, 2.75) is 89.3 Å². The molecule has 314 valence electrons. The number of carbonyl (C=O) groups is 1. The van der Waals surface area contributed by atoms with E-state index in [0.717, 1.165) is 67.7 Å². The smallest absolute Gasteiger partial charge is 0.338 e. The lowest BCUT2D eigenvalue weighted by molar-refractivity contribution is 0.0654. The molecule has 3 aliphatic rings. The van der Waals surface area contributed by atoms with Crippen LogP contribution in [0.4, 0.5) is 4.39 Å². The zero-order valence-corrected chi connectivity index (χ0v) is 35.7.